The smallest absolute Gasteiger partial charge is 0.243 e. The average Bonchev–Trinajstić information content (AvgIpc) is 2.72. The number of nitrogens with zero attached hydrogens (tertiary/aromatic N) is 1. The Morgan fingerprint density at radius 3 is 2.41 bits per heavy atom. The highest BCUT2D eigenvalue weighted by Crippen LogP contribution is 2.33. The largest absolute Gasteiger partial charge is 0.493 e. The van der Waals surface area contributed by atoms with Gasteiger partial charge in [-0.2, -0.15) is 4.31 Å². The van der Waals surface area contributed by atoms with E-state index < -0.39 is 10.0 Å². The third kappa shape index (κ3) is 6.09. The monoisotopic (exact) mass is 426 g/mol. The highest BCUT2D eigenvalue weighted by Gasteiger charge is 2.34. The van der Waals surface area contributed by atoms with Gasteiger partial charge in [0.05, 0.1) is 25.7 Å². The fourth-order valence-electron chi connectivity index (χ4n) is 3.86. The standard InChI is InChI=1S/C21H34N2O5S/c1-5-9-16(2)22-21(24)15-23(17-10-7-6-8-11-17)29(25,26)18-12-13-19(27-3)20(14-18)28-4/h12-14,16-17H,5-11,15H2,1-4H3,(H,22,24)/t16-/m0/s1. The average molecular weight is 427 g/mol. The van der Waals surface area contributed by atoms with Gasteiger partial charge in [-0.3, -0.25) is 4.79 Å². The molecule has 0 unspecified atom stereocenters. The number of methoxy groups -OCH3 is 2. The molecule has 7 nitrogen and oxygen atoms in total. The predicted molar refractivity (Wildman–Crippen MR) is 113 cm³/mol. The molecule has 0 aliphatic heterocycles. The SMILES string of the molecule is CCC[C@H](C)NC(=O)CN(C1CCCCC1)S(=O)(=O)c1ccc(OC)c(OC)c1. The molecule has 0 aromatic heterocycles. The molecule has 1 amide bonds. The van der Waals surface area contributed by atoms with Gasteiger partial charge < -0.3 is 14.8 Å². The summed E-state index contributed by atoms with van der Waals surface area (Å²) in [7, 11) is -0.894. The Balaban J connectivity index is 2.32. The summed E-state index contributed by atoms with van der Waals surface area (Å²) in [4.78, 5) is 12.7. The van der Waals surface area contributed by atoms with E-state index in [0.717, 1.165) is 44.9 Å². The third-order valence-corrected chi connectivity index (χ3v) is 7.27. The molecule has 0 bridgehead atoms. The van der Waals surface area contributed by atoms with Crippen molar-refractivity contribution in [1.82, 2.24) is 9.62 Å². The predicted octanol–water partition coefficient (Wildman–Crippen LogP) is 3.33. The lowest BCUT2D eigenvalue weighted by Crippen LogP contribution is -2.48. The summed E-state index contributed by atoms with van der Waals surface area (Å²) >= 11 is 0. The molecular formula is C21H34N2O5S. The van der Waals surface area contributed by atoms with E-state index in [1.807, 2.05) is 6.92 Å². The summed E-state index contributed by atoms with van der Waals surface area (Å²) in [5.74, 6) is 0.542. The van der Waals surface area contributed by atoms with Gasteiger partial charge in [0.1, 0.15) is 0 Å². The van der Waals surface area contributed by atoms with Gasteiger partial charge in [0.15, 0.2) is 11.5 Å². The Morgan fingerprint density at radius 1 is 1.17 bits per heavy atom. The number of rotatable bonds is 10. The molecule has 1 N–H and O–H groups in total. The van der Waals surface area contributed by atoms with Crippen LogP contribution in [0.5, 0.6) is 11.5 Å². The molecule has 8 heteroatoms. The van der Waals surface area contributed by atoms with E-state index in [0.29, 0.717) is 11.5 Å². The van der Waals surface area contributed by atoms with Gasteiger partial charge in [0, 0.05) is 18.2 Å². The Morgan fingerprint density at radius 2 is 1.83 bits per heavy atom. The third-order valence-electron chi connectivity index (χ3n) is 5.37. The van der Waals surface area contributed by atoms with Crippen LogP contribution >= 0.6 is 0 Å². The number of ether oxygens (including phenoxy) is 2. The van der Waals surface area contributed by atoms with Crippen molar-refractivity contribution in [2.45, 2.75) is 75.8 Å². The summed E-state index contributed by atoms with van der Waals surface area (Å²) in [5.41, 5.74) is 0. The summed E-state index contributed by atoms with van der Waals surface area (Å²) < 4.78 is 38.9. The lowest BCUT2D eigenvalue weighted by atomic mass is 9.95. The second kappa shape index (κ2) is 10.8. The number of nitrogens with one attached hydrogen (secondary N) is 1. The van der Waals surface area contributed by atoms with Crippen LogP contribution in [-0.4, -0.2) is 51.5 Å². The topological polar surface area (TPSA) is 84.9 Å². The van der Waals surface area contributed by atoms with E-state index in [9.17, 15) is 13.2 Å². The van der Waals surface area contributed by atoms with E-state index in [-0.39, 0.29) is 29.4 Å². The van der Waals surface area contributed by atoms with E-state index in [1.165, 1.54) is 30.7 Å². The van der Waals surface area contributed by atoms with Crippen LogP contribution in [0.3, 0.4) is 0 Å². The first kappa shape index (κ1) is 23.5. The summed E-state index contributed by atoms with van der Waals surface area (Å²) in [5, 5.41) is 2.92. The maximum absolute atomic E-state index is 13.5. The molecule has 1 aliphatic carbocycles. The Labute approximate surface area is 174 Å². The van der Waals surface area contributed by atoms with Crippen LogP contribution in [0.2, 0.25) is 0 Å². The van der Waals surface area contributed by atoms with Crippen molar-refractivity contribution in [3.05, 3.63) is 18.2 Å². The summed E-state index contributed by atoms with van der Waals surface area (Å²) in [6.07, 6.45) is 6.39. The van der Waals surface area contributed by atoms with Gasteiger partial charge in [-0.1, -0.05) is 32.6 Å². The number of carbonyl (C=O) groups is 1. The van der Waals surface area contributed by atoms with E-state index >= 15 is 0 Å². The molecule has 0 spiro atoms. The first-order valence-corrected chi connectivity index (χ1v) is 11.8. The zero-order valence-corrected chi connectivity index (χ0v) is 18.8. The molecule has 29 heavy (non-hydrogen) atoms. The molecular weight excluding hydrogens is 392 g/mol. The lowest BCUT2D eigenvalue weighted by Gasteiger charge is -2.33. The second-order valence-corrected chi connectivity index (χ2v) is 9.51. The van der Waals surface area contributed by atoms with Gasteiger partial charge in [-0.05, 0) is 38.3 Å². The summed E-state index contributed by atoms with van der Waals surface area (Å²) in [6, 6.07) is 4.39. The normalized spacial score (nSPS) is 16.4. The number of sulfonamides is 1. The van der Waals surface area contributed by atoms with Crippen molar-refractivity contribution in [3.8, 4) is 11.5 Å². The van der Waals surface area contributed by atoms with Crippen LogP contribution in [0.25, 0.3) is 0 Å². The number of hydrogen-bond acceptors (Lipinski definition) is 5. The number of benzene rings is 1. The molecule has 0 heterocycles. The van der Waals surface area contributed by atoms with Crippen molar-refractivity contribution in [2.24, 2.45) is 0 Å². The minimum atomic E-state index is -3.86. The number of carbonyl (C=O) groups excluding carboxylic acids is 1. The maximum atomic E-state index is 13.5. The molecule has 1 aliphatic rings. The molecule has 0 saturated heterocycles. The highest BCUT2D eigenvalue weighted by atomic mass is 32.2. The van der Waals surface area contributed by atoms with Crippen LogP contribution in [0.15, 0.2) is 23.1 Å². The first-order chi connectivity index (χ1) is 13.8. The fraction of sp³-hybridized carbons (Fsp3) is 0.667. The Kier molecular flexibility index (Phi) is 8.77. The van der Waals surface area contributed by atoms with Crippen LogP contribution in [0.1, 0.15) is 58.8 Å². The van der Waals surface area contributed by atoms with Gasteiger partial charge >= 0.3 is 0 Å². The summed E-state index contributed by atoms with van der Waals surface area (Å²) in [6.45, 7) is 3.82. The minimum Gasteiger partial charge on any atom is -0.493 e. The number of amides is 1. The molecule has 1 aromatic rings. The Bertz CT molecular complexity index is 775. The molecule has 2 rings (SSSR count). The van der Waals surface area contributed by atoms with Crippen molar-refractivity contribution >= 4 is 15.9 Å². The lowest BCUT2D eigenvalue weighted by molar-refractivity contribution is -0.122. The molecule has 1 aromatic carbocycles. The second-order valence-electron chi connectivity index (χ2n) is 7.62. The first-order valence-electron chi connectivity index (χ1n) is 10.4. The fourth-order valence-corrected chi connectivity index (χ4v) is 5.52. The van der Waals surface area contributed by atoms with Gasteiger partial charge in [0.2, 0.25) is 15.9 Å². The quantitative estimate of drug-likeness (QED) is 0.620. The van der Waals surface area contributed by atoms with Crippen molar-refractivity contribution < 1.29 is 22.7 Å². The van der Waals surface area contributed by atoms with Gasteiger partial charge in [0.25, 0.3) is 0 Å². The van der Waals surface area contributed by atoms with Crippen LogP contribution < -0.4 is 14.8 Å². The molecule has 1 saturated carbocycles. The van der Waals surface area contributed by atoms with Crippen molar-refractivity contribution in [2.75, 3.05) is 20.8 Å². The molecule has 0 radical (unpaired) electrons. The van der Waals surface area contributed by atoms with E-state index in [2.05, 4.69) is 12.2 Å². The highest BCUT2D eigenvalue weighted by molar-refractivity contribution is 7.89. The maximum Gasteiger partial charge on any atom is 0.243 e. The van der Waals surface area contributed by atoms with Crippen LogP contribution in [0.4, 0.5) is 0 Å². The van der Waals surface area contributed by atoms with Crippen molar-refractivity contribution in [3.63, 3.8) is 0 Å². The van der Waals surface area contributed by atoms with E-state index in [1.54, 1.807) is 6.07 Å². The van der Waals surface area contributed by atoms with E-state index in [4.69, 9.17) is 9.47 Å². The van der Waals surface area contributed by atoms with Crippen molar-refractivity contribution in [1.29, 1.82) is 0 Å². The minimum absolute atomic E-state index is 0.0180. The van der Waals surface area contributed by atoms with Crippen LogP contribution in [0, 0.1) is 0 Å². The zero-order chi connectivity index (χ0) is 21.4. The van der Waals surface area contributed by atoms with Crippen LogP contribution in [-0.2, 0) is 14.8 Å². The number of hydrogen-bond donors (Lipinski definition) is 1. The van der Waals surface area contributed by atoms with Gasteiger partial charge in [-0.15, -0.1) is 0 Å². The zero-order valence-electron chi connectivity index (χ0n) is 17.9. The molecule has 1 fully saturated rings. The molecule has 164 valence electrons. The molecule has 1 atom stereocenters. The van der Waals surface area contributed by atoms with Gasteiger partial charge in [-0.25, -0.2) is 8.42 Å². The Hall–Kier alpha value is -1.80.